The molecule has 0 aliphatic rings. The van der Waals surface area contributed by atoms with Crippen molar-refractivity contribution in [3.05, 3.63) is 0 Å². The molecule has 6 nitrogen and oxygen atoms in total. The van der Waals surface area contributed by atoms with Gasteiger partial charge < -0.3 is 14.2 Å². The van der Waals surface area contributed by atoms with Crippen molar-refractivity contribution in [3.63, 3.8) is 0 Å². The minimum absolute atomic E-state index is 0. The first-order valence-electron chi connectivity index (χ1n) is 5.66. The second kappa shape index (κ2) is 19.3. The van der Waals surface area contributed by atoms with E-state index < -0.39 is 16.4 Å². The molecule has 0 unspecified atom stereocenters. The summed E-state index contributed by atoms with van der Waals surface area (Å²) < 4.78 is 34.1. The number of hydrogen-bond acceptors (Lipinski definition) is 5. The first-order valence-corrected chi connectivity index (χ1v) is 6.99. The number of carbonyl (C=O) groups is 1. The van der Waals surface area contributed by atoms with Crippen molar-refractivity contribution in [3.8, 4) is 0 Å². The molecular formula is C10H20Na2O6S. The topological polar surface area (TPSA) is 118 Å². The van der Waals surface area contributed by atoms with E-state index in [0.29, 0.717) is 6.42 Å². The molecule has 0 atom stereocenters. The number of carboxylic acids is 1. The fourth-order valence-corrected chi connectivity index (χ4v) is 1.23. The van der Waals surface area contributed by atoms with Crippen LogP contribution in [0.15, 0.2) is 0 Å². The van der Waals surface area contributed by atoms with E-state index in [0.717, 1.165) is 12.8 Å². The SMILES string of the molecule is CCCCCCCCCC(=O)O.O=S(=O)([O-])[O-].[Na+].[Na+]. The van der Waals surface area contributed by atoms with Crippen molar-refractivity contribution in [2.75, 3.05) is 0 Å². The number of unbranched alkanes of at least 4 members (excludes halogenated alkanes) is 6. The molecule has 0 heterocycles. The fourth-order valence-electron chi connectivity index (χ4n) is 1.23. The molecule has 0 aliphatic heterocycles. The van der Waals surface area contributed by atoms with E-state index in [4.69, 9.17) is 22.6 Å². The molecule has 0 saturated heterocycles. The van der Waals surface area contributed by atoms with Crippen molar-refractivity contribution in [2.24, 2.45) is 0 Å². The quantitative estimate of drug-likeness (QED) is 0.210. The van der Waals surface area contributed by atoms with Crippen molar-refractivity contribution < 1.29 is 86.5 Å². The second-order valence-electron chi connectivity index (χ2n) is 3.67. The van der Waals surface area contributed by atoms with Gasteiger partial charge in [0.2, 0.25) is 0 Å². The average molecular weight is 314 g/mol. The first-order chi connectivity index (χ1) is 7.77. The number of carboxylic acid groups (broad SMARTS) is 1. The molecule has 104 valence electrons. The zero-order valence-electron chi connectivity index (χ0n) is 12.1. The number of hydrogen-bond donors (Lipinski definition) is 1. The van der Waals surface area contributed by atoms with E-state index in [1.54, 1.807) is 0 Å². The van der Waals surface area contributed by atoms with Gasteiger partial charge in [-0.3, -0.25) is 13.2 Å². The summed E-state index contributed by atoms with van der Waals surface area (Å²) in [7, 11) is -5.17. The maximum absolute atomic E-state index is 10.1. The van der Waals surface area contributed by atoms with Gasteiger partial charge in [-0.2, -0.15) is 0 Å². The average Bonchev–Trinajstić information content (AvgIpc) is 2.13. The van der Waals surface area contributed by atoms with Crippen LogP contribution in [0, 0.1) is 0 Å². The van der Waals surface area contributed by atoms with E-state index in [1.165, 1.54) is 32.1 Å². The van der Waals surface area contributed by atoms with Crippen molar-refractivity contribution in [2.45, 2.75) is 58.3 Å². The van der Waals surface area contributed by atoms with Gasteiger partial charge in [0.25, 0.3) is 0 Å². The molecule has 0 fully saturated rings. The summed E-state index contributed by atoms with van der Waals surface area (Å²) >= 11 is 0. The summed E-state index contributed by atoms with van der Waals surface area (Å²) in [5.41, 5.74) is 0. The summed E-state index contributed by atoms with van der Waals surface area (Å²) in [6.45, 7) is 2.20. The van der Waals surface area contributed by atoms with Gasteiger partial charge in [0, 0.05) is 16.8 Å². The van der Waals surface area contributed by atoms with Gasteiger partial charge in [0.05, 0.1) is 0 Å². The van der Waals surface area contributed by atoms with E-state index in [-0.39, 0.29) is 59.1 Å². The van der Waals surface area contributed by atoms with Crippen LogP contribution >= 0.6 is 0 Å². The molecule has 0 spiro atoms. The fraction of sp³-hybridized carbons (Fsp3) is 0.900. The predicted octanol–water partition coefficient (Wildman–Crippen LogP) is -4.12. The van der Waals surface area contributed by atoms with Crippen LogP contribution in [-0.2, 0) is 15.2 Å². The third kappa shape index (κ3) is 54.4. The molecule has 0 amide bonds. The molecular weight excluding hydrogens is 294 g/mol. The molecule has 0 aromatic heterocycles. The molecule has 0 radical (unpaired) electrons. The Kier molecular flexibility index (Phi) is 29.0. The third-order valence-corrected chi connectivity index (χ3v) is 1.99. The molecule has 1 N–H and O–H groups in total. The molecule has 0 aromatic rings. The molecule has 0 aromatic carbocycles. The first kappa shape index (κ1) is 28.5. The van der Waals surface area contributed by atoms with Crippen LogP contribution in [0.4, 0.5) is 0 Å². The van der Waals surface area contributed by atoms with Crippen molar-refractivity contribution >= 4 is 16.4 Å². The summed E-state index contributed by atoms with van der Waals surface area (Å²) in [5.74, 6) is -0.663. The Morgan fingerprint density at radius 1 is 0.947 bits per heavy atom. The van der Waals surface area contributed by atoms with Crippen LogP contribution in [0.2, 0.25) is 0 Å². The molecule has 0 bridgehead atoms. The minimum Gasteiger partial charge on any atom is -0.759 e. The van der Waals surface area contributed by atoms with Crippen molar-refractivity contribution in [1.29, 1.82) is 0 Å². The standard InChI is InChI=1S/C10H20O2.2Na.H2O4S/c1-2-3-4-5-6-7-8-9-10(11)12;;;1-5(2,3)4/h2-9H2,1H3,(H,11,12);;;(H2,1,2,3,4)/q;2*+1;/p-2. The zero-order chi connectivity index (χ0) is 13.7. The molecule has 9 heteroatoms. The monoisotopic (exact) mass is 314 g/mol. The molecule has 0 aliphatic carbocycles. The van der Waals surface area contributed by atoms with E-state index in [2.05, 4.69) is 6.92 Å². The zero-order valence-corrected chi connectivity index (χ0v) is 16.9. The Morgan fingerprint density at radius 2 is 1.26 bits per heavy atom. The Morgan fingerprint density at radius 3 is 1.58 bits per heavy atom. The Balaban J connectivity index is -0.000000139. The van der Waals surface area contributed by atoms with E-state index in [1.807, 2.05) is 0 Å². The van der Waals surface area contributed by atoms with Gasteiger partial charge in [-0.05, 0) is 6.42 Å². The molecule has 19 heavy (non-hydrogen) atoms. The van der Waals surface area contributed by atoms with Crippen LogP contribution < -0.4 is 59.1 Å². The van der Waals surface area contributed by atoms with Crippen LogP contribution in [-0.4, -0.2) is 28.6 Å². The van der Waals surface area contributed by atoms with Crippen LogP contribution in [0.5, 0.6) is 0 Å². The maximum Gasteiger partial charge on any atom is 1.00 e. The van der Waals surface area contributed by atoms with Gasteiger partial charge >= 0.3 is 65.1 Å². The molecule has 0 rings (SSSR count). The Bertz CT molecular complexity index is 274. The maximum atomic E-state index is 10.1. The van der Waals surface area contributed by atoms with E-state index >= 15 is 0 Å². The third-order valence-electron chi connectivity index (χ3n) is 1.99. The van der Waals surface area contributed by atoms with Crippen LogP contribution in [0.1, 0.15) is 58.3 Å². The predicted molar refractivity (Wildman–Crippen MR) is 60.7 cm³/mol. The van der Waals surface area contributed by atoms with Gasteiger partial charge in [-0.25, -0.2) is 0 Å². The number of rotatable bonds is 8. The molecule has 0 saturated carbocycles. The number of aliphatic carboxylic acids is 1. The Labute approximate surface area is 159 Å². The summed E-state index contributed by atoms with van der Waals surface area (Å²) in [5, 5.41) is 8.35. The normalized spacial score (nSPS) is 9.42. The Hall–Kier alpha value is 1.34. The van der Waals surface area contributed by atoms with Crippen LogP contribution in [0.3, 0.4) is 0 Å². The van der Waals surface area contributed by atoms with Gasteiger partial charge in [0.15, 0.2) is 0 Å². The second-order valence-corrected chi connectivity index (χ2v) is 4.49. The van der Waals surface area contributed by atoms with Crippen LogP contribution in [0.25, 0.3) is 0 Å². The summed E-state index contributed by atoms with van der Waals surface area (Å²) in [4.78, 5) is 10.1. The summed E-state index contributed by atoms with van der Waals surface area (Å²) in [6, 6.07) is 0. The van der Waals surface area contributed by atoms with Gasteiger partial charge in [-0.15, -0.1) is 0 Å². The van der Waals surface area contributed by atoms with Gasteiger partial charge in [0.1, 0.15) is 0 Å². The van der Waals surface area contributed by atoms with E-state index in [9.17, 15) is 4.79 Å². The van der Waals surface area contributed by atoms with Gasteiger partial charge in [-0.1, -0.05) is 45.4 Å². The van der Waals surface area contributed by atoms with Crippen molar-refractivity contribution in [1.82, 2.24) is 0 Å². The minimum atomic E-state index is -5.17. The summed E-state index contributed by atoms with van der Waals surface area (Å²) in [6.07, 6.45) is 8.64. The smallest absolute Gasteiger partial charge is 0.759 e. The largest absolute Gasteiger partial charge is 1.00 e.